The fourth-order valence-electron chi connectivity index (χ4n) is 3.09. The van der Waals surface area contributed by atoms with Crippen molar-refractivity contribution in [3.63, 3.8) is 0 Å². The standard InChI is InChI=1S/C19H12O6S2/c20-18-12-6-1-3-8-14(12)26(22,23)16(18)10-5-11-17-19(21)13-7-2-4-9-15(13)27(17,24)25/h1-11,20H/b10-5+,17-11-. The number of sulfone groups is 2. The molecule has 0 spiro atoms. The quantitative estimate of drug-likeness (QED) is 0.777. The van der Waals surface area contributed by atoms with Crippen molar-refractivity contribution in [1.82, 2.24) is 0 Å². The highest BCUT2D eigenvalue weighted by Crippen LogP contribution is 2.38. The highest BCUT2D eigenvalue weighted by Gasteiger charge is 2.38. The third kappa shape index (κ3) is 2.41. The van der Waals surface area contributed by atoms with Crippen LogP contribution in [0.1, 0.15) is 15.9 Å². The van der Waals surface area contributed by atoms with Crippen molar-refractivity contribution in [2.24, 2.45) is 0 Å². The molecule has 1 N–H and O–H groups in total. The smallest absolute Gasteiger partial charge is 0.211 e. The topological polar surface area (TPSA) is 106 Å². The number of allylic oxidation sites excluding steroid dienone is 4. The molecule has 2 aliphatic rings. The summed E-state index contributed by atoms with van der Waals surface area (Å²) in [5, 5.41) is 10.2. The molecule has 0 amide bonds. The minimum Gasteiger partial charge on any atom is -0.506 e. The van der Waals surface area contributed by atoms with Gasteiger partial charge < -0.3 is 5.11 Å². The van der Waals surface area contributed by atoms with Gasteiger partial charge in [-0.3, -0.25) is 4.79 Å². The number of carbonyl (C=O) groups excluding carboxylic acids is 1. The lowest BCUT2D eigenvalue weighted by atomic mass is 10.1. The Labute approximate surface area is 155 Å². The van der Waals surface area contributed by atoms with Crippen molar-refractivity contribution in [3.8, 4) is 0 Å². The number of benzene rings is 2. The van der Waals surface area contributed by atoms with Crippen molar-refractivity contribution in [1.29, 1.82) is 0 Å². The number of fused-ring (bicyclic) bond motifs is 2. The van der Waals surface area contributed by atoms with Crippen LogP contribution in [0.5, 0.6) is 0 Å². The van der Waals surface area contributed by atoms with Gasteiger partial charge >= 0.3 is 0 Å². The number of Topliss-reactive ketones (excluding diaryl/α,β-unsaturated/α-hetero) is 1. The number of aliphatic hydroxyl groups is 1. The van der Waals surface area contributed by atoms with E-state index >= 15 is 0 Å². The van der Waals surface area contributed by atoms with Crippen molar-refractivity contribution in [2.75, 3.05) is 0 Å². The zero-order valence-electron chi connectivity index (χ0n) is 13.7. The van der Waals surface area contributed by atoms with Crippen LogP contribution >= 0.6 is 0 Å². The first-order valence-electron chi connectivity index (χ1n) is 7.81. The molecule has 27 heavy (non-hydrogen) atoms. The molecule has 4 rings (SSSR count). The number of rotatable bonds is 2. The van der Waals surface area contributed by atoms with E-state index in [4.69, 9.17) is 0 Å². The molecule has 0 aliphatic carbocycles. The van der Waals surface area contributed by atoms with Crippen LogP contribution in [0, 0.1) is 0 Å². The maximum absolute atomic E-state index is 12.5. The molecule has 0 saturated heterocycles. The van der Waals surface area contributed by atoms with Gasteiger partial charge in [0.15, 0.2) is 0 Å². The average Bonchev–Trinajstić information content (AvgIpc) is 2.96. The number of aliphatic hydroxyl groups excluding tert-OH is 1. The van der Waals surface area contributed by atoms with Crippen LogP contribution in [0.25, 0.3) is 5.76 Å². The van der Waals surface area contributed by atoms with E-state index < -0.39 is 36.1 Å². The maximum atomic E-state index is 12.5. The van der Waals surface area contributed by atoms with Gasteiger partial charge in [-0.15, -0.1) is 0 Å². The molecule has 6 nitrogen and oxygen atoms in total. The Bertz CT molecular complexity index is 1310. The molecule has 0 radical (unpaired) electrons. The Morgan fingerprint density at radius 2 is 1.33 bits per heavy atom. The molecule has 0 unspecified atom stereocenters. The summed E-state index contributed by atoms with van der Waals surface area (Å²) in [5.41, 5.74) is 0.266. The zero-order valence-corrected chi connectivity index (χ0v) is 15.3. The summed E-state index contributed by atoms with van der Waals surface area (Å²) in [7, 11) is -7.86. The summed E-state index contributed by atoms with van der Waals surface area (Å²) in [6.45, 7) is 0. The Morgan fingerprint density at radius 1 is 0.778 bits per heavy atom. The molecular weight excluding hydrogens is 388 g/mol. The third-order valence-corrected chi connectivity index (χ3v) is 8.06. The van der Waals surface area contributed by atoms with E-state index in [-0.39, 0.29) is 25.8 Å². The lowest BCUT2D eigenvalue weighted by Crippen LogP contribution is -2.02. The van der Waals surface area contributed by atoms with E-state index in [1.165, 1.54) is 30.3 Å². The number of hydrogen-bond acceptors (Lipinski definition) is 6. The van der Waals surface area contributed by atoms with Crippen molar-refractivity contribution >= 4 is 31.2 Å². The molecule has 0 aromatic heterocycles. The van der Waals surface area contributed by atoms with Crippen LogP contribution < -0.4 is 0 Å². The van der Waals surface area contributed by atoms with Gasteiger partial charge in [0.1, 0.15) is 15.6 Å². The molecule has 0 saturated carbocycles. The largest absolute Gasteiger partial charge is 0.506 e. The maximum Gasteiger partial charge on any atom is 0.211 e. The summed E-state index contributed by atoms with van der Waals surface area (Å²) < 4.78 is 50.0. The number of carbonyl (C=O) groups is 1. The predicted molar refractivity (Wildman–Crippen MR) is 98.4 cm³/mol. The Kier molecular flexibility index (Phi) is 3.72. The fourth-order valence-corrected chi connectivity index (χ4v) is 6.22. The number of ketones is 1. The summed E-state index contributed by atoms with van der Waals surface area (Å²) in [4.78, 5) is 11.5. The van der Waals surface area contributed by atoms with E-state index in [2.05, 4.69) is 0 Å². The fraction of sp³-hybridized carbons (Fsp3) is 0. The first-order chi connectivity index (χ1) is 12.8. The normalized spacial score (nSPS) is 21.0. The minimum absolute atomic E-state index is 0.0215. The average molecular weight is 400 g/mol. The molecule has 0 bridgehead atoms. The van der Waals surface area contributed by atoms with Crippen LogP contribution in [-0.2, 0) is 19.7 Å². The lowest BCUT2D eigenvalue weighted by Gasteiger charge is -1.97. The number of hydrogen-bond donors (Lipinski definition) is 1. The second-order valence-electron chi connectivity index (χ2n) is 5.93. The van der Waals surface area contributed by atoms with Gasteiger partial charge in [0, 0.05) is 11.1 Å². The van der Waals surface area contributed by atoms with Gasteiger partial charge in [-0.1, -0.05) is 30.3 Å². The van der Waals surface area contributed by atoms with E-state index in [1.807, 2.05) is 0 Å². The van der Waals surface area contributed by atoms with Gasteiger partial charge in [0.05, 0.1) is 9.79 Å². The van der Waals surface area contributed by atoms with Gasteiger partial charge in [-0.25, -0.2) is 16.8 Å². The lowest BCUT2D eigenvalue weighted by molar-refractivity contribution is 0.104. The molecular formula is C19H12O6S2. The summed E-state index contributed by atoms with van der Waals surface area (Å²) in [6.07, 6.45) is 3.28. The minimum atomic E-state index is -3.95. The van der Waals surface area contributed by atoms with Crippen LogP contribution in [0.15, 0.2) is 86.4 Å². The van der Waals surface area contributed by atoms with Gasteiger partial charge in [0.25, 0.3) is 0 Å². The van der Waals surface area contributed by atoms with Crippen LogP contribution in [0.2, 0.25) is 0 Å². The summed E-state index contributed by atoms with van der Waals surface area (Å²) in [6, 6.07) is 11.8. The molecule has 2 aromatic carbocycles. The Balaban J connectivity index is 1.76. The molecule has 2 aromatic rings. The van der Waals surface area contributed by atoms with E-state index in [1.54, 1.807) is 18.2 Å². The second kappa shape index (κ2) is 5.77. The highest BCUT2D eigenvalue weighted by molar-refractivity contribution is 7.97. The monoisotopic (exact) mass is 400 g/mol. The van der Waals surface area contributed by atoms with Gasteiger partial charge in [-0.2, -0.15) is 0 Å². The molecule has 2 heterocycles. The van der Waals surface area contributed by atoms with Crippen LogP contribution in [-0.4, -0.2) is 27.7 Å². The highest BCUT2D eigenvalue weighted by atomic mass is 32.2. The van der Waals surface area contributed by atoms with Gasteiger partial charge in [0.2, 0.25) is 25.5 Å². The molecule has 136 valence electrons. The van der Waals surface area contributed by atoms with Crippen molar-refractivity contribution < 1.29 is 26.7 Å². The second-order valence-corrected chi connectivity index (χ2v) is 9.70. The van der Waals surface area contributed by atoms with Gasteiger partial charge in [-0.05, 0) is 36.4 Å². The SMILES string of the molecule is O=C1/C(=C/C=C/C2=C(O)c3ccccc3S2(=O)=O)S(=O)(=O)c2ccccc21. The van der Waals surface area contributed by atoms with Crippen LogP contribution in [0.4, 0.5) is 0 Å². The third-order valence-electron chi connectivity index (χ3n) is 4.38. The predicted octanol–water partition coefficient (Wildman–Crippen LogP) is 2.81. The van der Waals surface area contributed by atoms with E-state index in [0.717, 1.165) is 18.2 Å². The molecule has 2 aliphatic heterocycles. The van der Waals surface area contributed by atoms with E-state index in [9.17, 15) is 26.7 Å². The molecule has 0 atom stereocenters. The van der Waals surface area contributed by atoms with Crippen molar-refractivity contribution in [2.45, 2.75) is 9.79 Å². The Hall–Kier alpha value is -2.97. The molecule has 8 heteroatoms. The zero-order chi connectivity index (χ0) is 19.4. The summed E-state index contributed by atoms with van der Waals surface area (Å²) in [5.74, 6) is -1.06. The van der Waals surface area contributed by atoms with Crippen LogP contribution in [0.3, 0.4) is 0 Å². The first kappa shape index (κ1) is 17.4. The van der Waals surface area contributed by atoms with E-state index in [0.29, 0.717) is 0 Å². The Morgan fingerprint density at radius 3 is 1.93 bits per heavy atom. The van der Waals surface area contributed by atoms with Crippen molar-refractivity contribution in [3.05, 3.63) is 87.7 Å². The summed E-state index contributed by atoms with van der Waals surface area (Å²) >= 11 is 0. The first-order valence-corrected chi connectivity index (χ1v) is 10.8. The molecule has 0 fully saturated rings.